The summed E-state index contributed by atoms with van der Waals surface area (Å²) in [6.45, 7) is 5.37. The Hall–Kier alpha value is -1.92. The Morgan fingerprint density at radius 1 is 1.09 bits per heavy atom. The van der Waals surface area contributed by atoms with E-state index in [0.717, 1.165) is 17.2 Å². The normalized spacial score (nSPS) is 14.4. The van der Waals surface area contributed by atoms with Gasteiger partial charge >= 0.3 is 0 Å². The lowest BCUT2D eigenvalue weighted by Gasteiger charge is -2.17. The summed E-state index contributed by atoms with van der Waals surface area (Å²) >= 11 is 0. The van der Waals surface area contributed by atoms with Gasteiger partial charge in [0.25, 0.3) is 0 Å². The van der Waals surface area contributed by atoms with Crippen molar-refractivity contribution in [3.05, 3.63) is 42.5 Å². The third kappa shape index (κ3) is 4.30. The molecule has 0 saturated heterocycles. The SMILES string of the molecule is CC[C@@H](C)NC(=O)[C@@H](C)NS(=O)(=O)c1ccc2ccccc2c1. The third-order valence-electron chi connectivity index (χ3n) is 3.76. The summed E-state index contributed by atoms with van der Waals surface area (Å²) < 4.78 is 27.3. The van der Waals surface area contributed by atoms with Crippen LogP contribution < -0.4 is 10.0 Å². The first kappa shape index (κ1) is 17.4. The first-order valence-electron chi connectivity index (χ1n) is 7.65. The van der Waals surface area contributed by atoms with Crippen LogP contribution in [-0.4, -0.2) is 26.4 Å². The highest BCUT2D eigenvalue weighted by atomic mass is 32.2. The van der Waals surface area contributed by atoms with Crippen molar-refractivity contribution in [1.29, 1.82) is 0 Å². The van der Waals surface area contributed by atoms with Crippen molar-refractivity contribution < 1.29 is 13.2 Å². The lowest BCUT2D eigenvalue weighted by molar-refractivity contribution is -0.122. The zero-order valence-electron chi connectivity index (χ0n) is 13.5. The minimum atomic E-state index is -3.75. The molecule has 6 heteroatoms. The molecular weight excluding hydrogens is 312 g/mol. The monoisotopic (exact) mass is 334 g/mol. The lowest BCUT2D eigenvalue weighted by Crippen LogP contribution is -2.47. The van der Waals surface area contributed by atoms with Gasteiger partial charge in [-0.1, -0.05) is 37.3 Å². The van der Waals surface area contributed by atoms with Crippen molar-refractivity contribution in [2.75, 3.05) is 0 Å². The first-order valence-corrected chi connectivity index (χ1v) is 9.13. The fourth-order valence-corrected chi connectivity index (χ4v) is 3.40. The number of carbonyl (C=O) groups excluding carboxylic acids is 1. The van der Waals surface area contributed by atoms with Gasteiger partial charge in [0.05, 0.1) is 10.9 Å². The molecule has 0 aliphatic carbocycles. The van der Waals surface area contributed by atoms with Crippen LogP contribution in [0.15, 0.2) is 47.4 Å². The molecule has 0 radical (unpaired) electrons. The van der Waals surface area contributed by atoms with Gasteiger partial charge in [0.15, 0.2) is 0 Å². The summed E-state index contributed by atoms with van der Waals surface area (Å²) in [6, 6.07) is 11.6. The van der Waals surface area contributed by atoms with Crippen LogP contribution in [0.2, 0.25) is 0 Å². The van der Waals surface area contributed by atoms with E-state index in [4.69, 9.17) is 0 Å². The molecule has 124 valence electrons. The number of benzene rings is 2. The quantitative estimate of drug-likeness (QED) is 0.852. The number of nitrogens with one attached hydrogen (secondary N) is 2. The average Bonchev–Trinajstić information content (AvgIpc) is 2.53. The molecule has 23 heavy (non-hydrogen) atoms. The number of fused-ring (bicyclic) bond motifs is 1. The number of sulfonamides is 1. The maximum atomic E-state index is 12.5. The van der Waals surface area contributed by atoms with Crippen molar-refractivity contribution in [3.63, 3.8) is 0 Å². The Kier molecular flexibility index (Phi) is 5.38. The third-order valence-corrected chi connectivity index (χ3v) is 5.30. The number of carbonyl (C=O) groups is 1. The van der Waals surface area contributed by atoms with E-state index in [1.54, 1.807) is 18.2 Å². The van der Waals surface area contributed by atoms with Crippen LogP contribution in [0.5, 0.6) is 0 Å². The second kappa shape index (κ2) is 7.10. The van der Waals surface area contributed by atoms with E-state index in [2.05, 4.69) is 10.0 Å². The molecule has 5 nitrogen and oxygen atoms in total. The van der Waals surface area contributed by atoms with Gasteiger partial charge in [0.1, 0.15) is 0 Å². The number of rotatable bonds is 6. The predicted octanol–water partition coefficient (Wildman–Crippen LogP) is 2.42. The fourth-order valence-electron chi connectivity index (χ4n) is 2.16. The van der Waals surface area contributed by atoms with Gasteiger partial charge in [-0.2, -0.15) is 4.72 Å². The van der Waals surface area contributed by atoms with Crippen molar-refractivity contribution in [3.8, 4) is 0 Å². The molecule has 2 N–H and O–H groups in total. The molecule has 0 bridgehead atoms. The van der Waals surface area contributed by atoms with Crippen molar-refractivity contribution in [1.82, 2.24) is 10.0 Å². The smallest absolute Gasteiger partial charge is 0.241 e. The highest BCUT2D eigenvalue weighted by Crippen LogP contribution is 2.19. The van der Waals surface area contributed by atoms with Crippen LogP contribution in [0, 0.1) is 0 Å². The Morgan fingerprint density at radius 2 is 1.74 bits per heavy atom. The highest BCUT2D eigenvalue weighted by Gasteiger charge is 2.22. The summed E-state index contributed by atoms with van der Waals surface area (Å²) in [7, 11) is -3.75. The second-order valence-electron chi connectivity index (χ2n) is 5.67. The van der Waals surface area contributed by atoms with Gasteiger partial charge < -0.3 is 5.32 Å². The molecule has 0 fully saturated rings. The standard InChI is InChI=1S/C17H22N2O3S/c1-4-12(2)18-17(20)13(3)19-23(21,22)16-10-9-14-7-5-6-8-15(14)11-16/h5-13,19H,4H2,1-3H3,(H,18,20)/t12-,13-/m1/s1. The van der Waals surface area contributed by atoms with Crippen LogP contribution in [0.25, 0.3) is 10.8 Å². The fraction of sp³-hybridized carbons (Fsp3) is 0.353. The van der Waals surface area contributed by atoms with E-state index in [1.807, 2.05) is 38.1 Å². The van der Waals surface area contributed by atoms with Crippen LogP contribution in [-0.2, 0) is 14.8 Å². The summed E-state index contributed by atoms with van der Waals surface area (Å²) in [5.74, 6) is -0.330. The van der Waals surface area contributed by atoms with Gasteiger partial charge in [-0.15, -0.1) is 0 Å². The minimum absolute atomic E-state index is 0.00937. The van der Waals surface area contributed by atoms with Crippen LogP contribution in [0.4, 0.5) is 0 Å². The molecule has 2 rings (SSSR count). The van der Waals surface area contributed by atoms with E-state index in [9.17, 15) is 13.2 Å². The zero-order valence-corrected chi connectivity index (χ0v) is 14.4. The van der Waals surface area contributed by atoms with Gasteiger partial charge in [0, 0.05) is 6.04 Å². The highest BCUT2D eigenvalue weighted by molar-refractivity contribution is 7.89. The largest absolute Gasteiger partial charge is 0.352 e. The molecule has 0 unspecified atom stereocenters. The van der Waals surface area contributed by atoms with E-state index >= 15 is 0 Å². The Bertz CT molecular complexity index is 802. The zero-order chi connectivity index (χ0) is 17.0. The Morgan fingerprint density at radius 3 is 2.39 bits per heavy atom. The minimum Gasteiger partial charge on any atom is -0.352 e. The topological polar surface area (TPSA) is 75.3 Å². The number of hydrogen-bond donors (Lipinski definition) is 2. The van der Waals surface area contributed by atoms with E-state index < -0.39 is 16.1 Å². The van der Waals surface area contributed by atoms with Crippen molar-refractivity contribution >= 4 is 26.7 Å². The molecule has 2 aromatic rings. The van der Waals surface area contributed by atoms with Gasteiger partial charge in [0.2, 0.25) is 15.9 Å². The molecule has 0 heterocycles. The van der Waals surface area contributed by atoms with Gasteiger partial charge in [-0.05, 0) is 43.2 Å². The van der Waals surface area contributed by atoms with E-state index in [-0.39, 0.29) is 16.8 Å². The van der Waals surface area contributed by atoms with Crippen molar-refractivity contribution in [2.45, 2.75) is 44.2 Å². The maximum Gasteiger partial charge on any atom is 0.241 e. The van der Waals surface area contributed by atoms with E-state index in [1.165, 1.54) is 6.92 Å². The molecule has 2 atom stereocenters. The number of amides is 1. The average molecular weight is 334 g/mol. The molecule has 1 amide bonds. The molecular formula is C17H22N2O3S. The first-order chi connectivity index (χ1) is 10.8. The summed E-state index contributed by atoms with van der Waals surface area (Å²) in [5, 5.41) is 4.57. The summed E-state index contributed by atoms with van der Waals surface area (Å²) in [4.78, 5) is 12.1. The van der Waals surface area contributed by atoms with Crippen LogP contribution in [0.3, 0.4) is 0 Å². The molecule has 2 aromatic carbocycles. The summed E-state index contributed by atoms with van der Waals surface area (Å²) in [5.41, 5.74) is 0. The van der Waals surface area contributed by atoms with Crippen molar-refractivity contribution in [2.24, 2.45) is 0 Å². The molecule has 0 aromatic heterocycles. The van der Waals surface area contributed by atoms with Crippen LogP contribution >= 0.6 is 0 Å². The summed E-state index contributed by atoms with van der Waals surface area (Å²) in [6.07, 6.45) is 0.788. The maximum absolute atomic E-state index is 12.5. The molecule has 0 saturated carbocycles. The Labute approximate surface area is 137 Å². The second-order valence-corrected chi connectivity index (χ2v) is 7.38. The lowest BCUT2D eigenvalue weighted by atomic mass is 10.1. The number of hydrogen-bond acceptors (Lipinski definition) is 3. The van der Waals surface area contributed by atoms with E-state index in [0.29, 0.717) is 0 Å². The van der Waals surface area contributed by atoms with Gasteiger partial charge in [-0.3, -0.25) is 4.79 Å². The predicted molar refractivity (Wildman–Crippen MR) is 91.6 cm³/mol. The Balaban J connectivity index is 2.18. The molecule has 0 aliphatic heterocycles. The molecule has 0 aliphatic rings. The van der Waals surface area contributed by atoms with Crippen LogP contribution in [0.1, 0.15) is 27.2 Å². The molecule has 0 spiro atoms. The van der Waals surface area contributed by atoms with Gasteiger partial charge in [-0.25, -0.2) is 8.42 Å².